The predicted octanol–water partition coefficient (Wildman–Crippen LogP) is 4.12. The van der Waals surface area contributed by atoms with Gasteiger partial charge in [-0.3, -0.25) is 4.79 Å². The largest absolute Gasteiger partial charge is 0.341 e. The van der Waals surface area contributed by atoms with Crippen LogP contribution in [0.25, 0.3) is 11.0 Å². The zero-order chi connectivity index (χ0) is 22.8. The van der Waals surface area contributed by atoms with Gasteiger partial charge in [0.15, 0.2) is 5.13 Å². The lowest BCUT2D eigenvalue weighted by Crippen LogP contribution is -2.42. The number of carbonyl (C=O) groups excluding carboxylic acids is 1. The Hall–Kier alpha value is -3.33. The van der Waals surface area contributed by atoms with Gasteiger partial charge in [-0.05, 0) is 51.2 Å². The van der Waals surface area contributed by atoms with Gasteiger partial charge in [-0.25, -0.2) is 19.9 Å². The fraction of sp³-hybridized carbons (Fsp3) is 0.375. The molecule has 1 aliphatic rings. The zero-order valence-corrected chi connectivity index (χ0v) is 19.7. The van der Waals surface area contributed by atoms with E-state index in [4.69, 9.17) is 0 Å². The van der Waals surface area contributed by atoms with Gasteiger partial charge in [0.05, 0.1) is 17.4 Å². The van der Waals surface area contributed by atoms with Crippen LogP contribution < -0.4 is 5.32 Å². The summed E-state index contributed by atoms with van der Waals surface area (Å²) in [5, 5.41) is 4.12. The number of hydrogen-bond donors (Lipinski definition) is 1. The summed E-state index contributed by atoms with van der Waals surface area (Å²) in [5.41, 5.74) is 2.91. The van der Waals surface area contributed by atoms with Crippen molar-refractivity contribution in [2.24, 2.45) is 5.92 Å². The maximum atomic E-state index is 13.1. The number of nitrogens with zero attached hydrogens (tertiary/aromatic N) is 6. The van der Waals surface area contributed by atoms with Crippen molar-refractivity contribution in [3.05, 3.63) is 59.3 Å². The summed E-state index contributed by atoms with van der Waals surface area (Å²) in [5.74, 6) is 2.02. The summed E-state index contributed by atoms with van der Waals surface area (Å²) in [4.78, 5) is 34.1. The van der Waals surface area contributed by atoms with Crippen LogP contribution in [0.1, 0.15) is 29.2 Å². The molecule has 1 aliphatic heterocycles. The Bertz CT molecular complexity index is 1280. The molecule has 4 heterocycles. The highest BCUT2D eigenvalue weighted by Gasteiger charge is 2.25. The number of hydrogen-bond acceptors (Lipinski definition) is 7. The number of aryl methyl sites for hydroxylation is 2. The topological polar surface area (TPSA) is 88.8 Å². The van der Waals surface area contributed by atoms with Crippen LogP contribution >= 0.6 is 11.3 Å². The number of thiazole rings is 1. The highest BCUT2D eigenvalue weighted by molar-refractivity contribution is 7.15. The van der Waals surface area contributed by atoms with Gasteiger partial charge in [0, 0.05) is 35.9 Å². The molecule has 1 aromatic carbocycles. The van der Waals surface area contributed by atoms with E-state index in [-0.39, 0.29) is 5.91 Å². The van der Waals surface area contributed by atoms with Crippen LogP contribution in [-0.2, 0) is 17.8 Å². The number of piperidine rings is 1. The van der Waals surface area contributed by atoms with Crippen molar-refractivity contribution in [1.82, 2.24) is 29.4 Å². The SMILES string of the molecule is Cc1nc(CC2CCCN(C(=O)Cn3cnc4ccccc43)C2)cc(Nc2ncc(C)s2)n1. The number of carbonyl (C=O) groups is 1. The third-order valence-electron chi connectivity index (χ3n) is 5.95. The molecular formula is C24H27N7OS. The monoisotopic (exact) mass is 461 g/mol. The van der Waals surface area contributed by atoms with Gasteiger partial charge in [-0.2, -0.15) is 0 Å². The van der Waals surface area contributed by atoms with E-state index in [9.17, 15) is 4.79 Å². The second-order valence-corrected chi connectivity index (χ2v) is 9.84. The summed E-state index contributed by atoms with van der Waals surface area (Å²) in [6, 6.07) is 9.91. The molecule has 0 saturated carbocycles. The van der Waals surface area contributed by atoms with E-state index in [1.165, 1.54) is 0 Å². The lowest BCUT2D eigenvalue weighted by atomic mass is 9.93. The number of anilines is 2. The molecule has 0 spiro atoms. The molecule has 1 amide bonds. The predicted molar refractivity (Wildman–Crippen MR) is 130 cm³/mol. The lowest BCUT2D eigenvalue weighted by molar-refractivity contribution is -0.133. The van der Waals surface area contributed by atoms with Crippen LogP contribution in [0.2, 0.25) is 0 Å². The first kappa shape index (κ1) is 21.5. The molecule has 8 nitrogen and oxygen atoms in total. The normalized spacial score (nSPS) is 16.3. The molecule has 1 N–H and O–H groups in total. The average Bonchev–Trinajstić information content (AvgIpc) is 3.39. The molecule has 1 saturated heterocycles. The molecule has 1 fully saturated rings. The third kappa shape index (κ3) is 5.03. The smallest absolute Gasteiger partial charge is 0.242 e. The summed E-state index contributed by atoms with van der Waals surface area (Å²) in [7, 11) is 0. The van der Waals surface area contributed by atoms with Gasteiger partial charge in [0.2, 0.25) is 5.91 Å². The number of amides is 1. The van der Waals surface area contributed by atoms with Crippen molar-refractivity contribution < 1.29 is 4.79 Å². The first-order valence-corrected chi connectivity index (χ1v) is 12.1. The Morgan fingerprint density at radius 2 is 2.09 bits per heavy atom. The Morgan fingerprint density at radius 3 is 2.94 bits per heavy atom. The van der Waals surface area contributed by atoms with E-state index in [1.54, 1.807) is 17.7 Å². The van der Waals surface area contributed by atoms with Crippen molar-refractivity contribution in [2.75, 3.05) is 18.4 Å². The molecule has 1 unspecified atom stereocenters. The Balaban J connectivity index is 1.24. The minimum Gasteiger partial charge on any atom is -0.341 e. The lowest BCUT2D eigenvalue weighted by Gasteiger charge is -2.33. The Morgan fingerprint density at radius 1 is 1.21 bits per heavy atom. The molecule has 5 rings (SSSR count). The van der Waals surface area contributed by atoms with Gasteiger partial charge < -0.3 is 14.8 Å². The summed E-state index contributed by atoms with van der Waals surface area (Å²) in [6.45, 7) is 5.82. The van der Waals surface area contributed by atoms with E-state index >= 15 is 0 Å². The minimum atomic E-state index is 0.142. The highest BCUT2D eigenvalue weighted by Crippen LogP contribution is 2.24. The summed E-state index contributed by atoms with van der Waals surface area (Å²) in [6.07, 6.45) is 6.53. The van der Waals surface area contributed by atoms with Crippen molar-refractivity contribution >= 4 is 39.2 Å². The van der Waals surface area contributed by atoms with Crippen molar-refractivity contribution in [2.45, 2.75) is 39.7 Å². The van der Waals surface area contributed by atoms with E-state index < -0.39 is 0 Å². The standard InChI is InChI=1S/C24H27N7OS/c1-16-12-25-24(33-16)29-22-11-19(27-17(2)28-22)10-18-6-5-9-30(13-18)23(32)14-31-15-26-20-7-3-4-8-21(20)31/h3-4,7-8,11-12,15,18H,5-6,9-10,13-14H2,1-2H3,(H,25,27,28,29). The number of likely N-dealkylation sites (tertiary alicyclic amines) is 1. The molecule has 3 aromatic heterocycles. The van der Waals surface area contributed by atoms with Crippen LogP contribution in [0.4, 0.5) is 10.9 Å². The van der Waals surface area contributed by atoms with E-state index in [0.717, 1.165) is 70.7 Å². The van der Waals surface area contributed by atoms with Gasteiger partial charge in [-0.15, -0.1) is 11.3 Å². The van der Waals surface area contributed by atoms with Crippen molar-refractivity contribution in [3.63, 3.8) is 0 Å². The second kappa shape index (κ2) is 9.27. The number of rotatable bonds is 6. The molecule has 9 heteroatoms. The fourth-order valence-corrected chi connectivity index (χ4v) is 5.13. The number of fused-ring (bicyclic) bond motifs is 1. The first-order valence-electron chi connectivity index (χ1n) is 11.2. The third-order valence-corrected chi connectivity index (χ3v) is 6.78. The van der Waals surface area contributed by atoms with Gasteiger partial charge in [0.1, 0.15) is 18.2 Å². The number of aromatic nitrogens is 5. The van der Waals surface area contributed by atoms with Gasteiger partial charge in [-0.1, -0.05) is 12.1 Å². The molecule has 1 atom stereocenters. The van der Waals surface area contributed by atoms with Crippen LogP contribution in [0.3, 0.4) is 0 Å². The maximum absolute atomic E-state index is 13.1. The van der Waals surface area contributed by atoms with E-state index in [0.29, 0.717) is 12.5 Å². The van der Waals surface area contributed by atoms with Crippen LogP contribution in [-0.4, -0.2) is 48.4 Å². The Labute approximate surface area is 196 Å². The molecule has 170 valence electrons. The van der Waals surface area contributed by atoms with Gasteiger partial charge >= 0.3 is 0 Å². The second-order valence-electron chi connectivity index (χ2n) is 8.61. The molecular weight excluding hydrogens is 434 g/mol. The number of nitrogens with one attached hydrogen (secondary N) is 1. The minimum absolute atomic E-state index is 0.142. The number of benzene rings is 1. The molecule has 33 heavy (non-hydrogen) atoms. The highest BCUT2D eigenvalue weighted by atomic mass is 32.1. The van der Waals surface area contributed by atoms with Crippen LogP contribution in [0.15, 0.2) is 42.9 Å². The number of imidazole rings is 1. The summed E-state index contributed by atoms with van der Waals surface area (Å²) >= 11 is 1.60. The van der Waals surface area contributed by atoms with Crippen molar-refractivity contribution in [1.29, 1.82) is 0 Å². The van der Waals surface area contributed by atoms with Crippen LogP contribution in [0, 0.1) is 19.8 Å². The van der Waals surface area contributed by atoms with E-state index in [2.05, 4.69) is 25.3 Å². The quantitative estimate of drug-likeness (QED) is 0.465. The van der Waals surface area contributed by atoms with Gasteiger partial charge in [0.25, 0.3) is 0 Å². The van der Waals surface area contributed by atoms with Crippen LogP contribution in [0.5, 0.6) is 0 Å². The maximum Gasteiger partial charge on any atom is 0.242 e. The molecule has 0 radical (unpaired) electrons. The van der Waals surface area contributed by atoms with E-state index in [1.807, 2.05) is 59.8 Å². The van der Waals surface area contributed by atoms with Crippen molar-refractivity contribution in [3.8, 4) is 0 Å². The summed E-state index contributed by atoms with van der Waals surface area (Å²) < 4.78 is 1.94. The molecule has 4 aromatic rings. The zero-order valence-electron chi connectivity index (χ0n) is 18.9. The first-order chi connectivity index (χ1) is 16.0. The molecule has 0 bridgehead atoms. The molecule has 0 aliphatic carbocycles. The Kier molecular flexibility index (Phi) is 6.04. The number of para-hydroxylation sites is 2. The average molecular weight is 462 g/mol. The fourth-order valence-electron chi connectivity index (χ4n) is 4.46.